The standard InChI is InChI=1S/C13H16O3/c1-15-12-5-3-4-9-6-7-10(8-11(9)12)13(14)16-2/h3-5,10H,6-8H2,1-2H3. The zero-order valence-electron chi connectivity index (χ0n) is 9.66. The maximum Gasteiger partial charge on any atom is 0.309 e. The fourth-order valence-electron chi connectivity index (χ4n) is 2.31. The summed E-state index contributed by atoms with van der Waals surface area (Å²) in [5, 5.41) is 0. The summed E-state index contributed by atoms with van der Waals surface area (Å²) in [5.74, 6) is 0.747. The van der Waals surface area contributed by atoms with Gasteiger partial charge in [0.2, 0.25) is 0 Å². The normalized spacial score (nSPS) is 18.8. The zero-order chi connectivity index (χ0) is 11.5. The quantitative estimate of drug-likeness (QED) is 0.715. The van der Waals surface area contributed by atoms with E-state index in [1.54, 1.807) is 7.11 Å². The van der Waals surface area contributed by atoms with Crippen molar-refractivity contribution in [3.8, 4) is 5.75 Å². The third-order valence-electron chi connectivity index (χ3n) is 3.20. The maximum atomic E-state index is 11.5. The Bertz CT molecular complexity index is 384. The molecule has 1 aromatic rings. The molecule has 0 amide bonds. The number of fused-ring (bicyclic) bond motifs is 1. The number of hydrogen-bond acceptors (Lipinski definition) is 3. The van der Waals surface area contributed by atoms with E-state index in [-0.39, 0.29) is 11.9 Å². The number of benzene rings is 1. The van der Waals surface area contributed by atoms with Gasteiger partial charge in [0.1, 0.15) is 5.75 Å². The van der Waals surface area contributed by atoms with Crippen molar-refractivity contribution in [3.63, 3.8) is 0 Å². The van der Waals surface area contributed by atoms with Crippen molar-refractivity contribution in [2.45, 2.75) is 19.3 Å². The van der Waals surface area contributed by atoms with E-state index in [2.05, 4.69) is 6.07 Å². The van der Waals surface area contributed by atoms with E-state index in [1.807, 2.05) is 12.1 Å². The molecular formula is C13H16O3. The second-order valence-corrected chi connectivity index (χ2v) is 4.06. The second kappa shape index (κ2) is 4.56. The molecule has 1 aliphatic rings. The van der Waals surface area contributed by atoms with Gasteiger partial charge < -0.3 is 9.47 Å². The van der Waals surface area contributed by atoms with Crippen LogP contribution in [0.2, 0.25) is 0 Å². The summed E-state index contributed by atoms with van der Waals surface area (Å²) in [6.07, 6.45) is 2.52. The molecule has 1 atom stereocenters. The number of esters is 1. The number of aryl methyl sites for hydroxylation is 1. The molecule has 0 saturated heterocycles. The molecule has 0 N–H and O–H groups in total. The maximum absolute atomic E-state index is 11.5. The summed E-state index contributed by atoms with van der Waals surface area (Å²) in [4.78, 5) is 11.5. The second-order valence-electron chi connectivity index (χ2n) is 4.06. The van der Waals surface area contributed by atoms with E-state index in [9.17, 15) is 4.79 Å². The van der Waals surface area contributed by atoms with Gasteiger partial charge in [0, 0.05) is 0 Å². The van der Waals surface area contributed by atoms with Crippen molar-refractivity contribution in [3.05, 3.63) is 29.3 Å². The van der Waals surface area contributed by atoms with Gasteiger partial charge in [0.05, 0.1) is 20.1 Å². The highest BCUT2D eigenvalue weighted by Crippen LogP contribution is 2.32. The first-order chi connectivity index (χ1) is 7.76. The van der Waals surface area contributed by atoms with E-state index in [0.29, 0.717) is 0 Å². The van der Waals surface area contributed by atoms with Crippen molar-refractivity contribution >= 4 is 5.97 Å². The Morgan fingerprint density at radius 1 is 1.38 bits per heavy atom. The number of hydrogen-bond donors (Lipinski definition) is 0. The van der Waals surface area contributed by atoms with Crippen LogP contribution in [0.4, 0.5) is 0 Å². The molecule has 0 aromatic heterocycles. The number of rotatable bonds is 2. The van der Waals surface area contributed by atoms with Crippen LogP contribution in [0.5, 0.6) is 5.75 Å². The van der Waals surface area contributed by atoms with Crippen molar-refractivity contribution in [1.29, 1.82) is 0 Å². The molecule has 0 saturated carbocycles. The fraction of sp³-hybridized carbons (Fsp3) is 0.462. The molecule has 86 valence electrons. The van der Waals surface area contributed by atoms with Gasteiger partial charge in [0.25, 0.3) is 0 Å². The lowest BCUT2D eigenvalue weighted by molar-refractivity contribution is -0.145. The number of ether oxygens (including phenoxy) is 2. The van der Waals surface area contributed by atoms with Crippen LogP contribution in [0.25, 0.3) is 0 Å². The average Bonchev–Trinajstić information content (AvgIpc) is 2.36. The average molecular weight is 220 g/mol. The third kappa shape index (κ3) is 1.90. The fourth-order valence-corrected chi connectivity index (χ4v) is 2.31. The minimum Gasteiger partial charge on any atom is -0.496 e. The lowest BCUT2D eigenvalue weighted by Crippen LogP contribution is -2.24. The molecule has 0 bridgehead atoms. The summed E-state index contributed by atoms with van der Waals surface area (Å²) in [7, 11) is 3.11. The van der Waals surface area contributed by atoms with E-state index in [4.69, 9.17) is 9.47 Å². The lowest BCUT2D eigenvalue weighted by Gasteiger charge is -2.24. The van der Waals surface area contributed by atoms with E-state index < -0.39 is 0 Å². The highest BCUT2D eigenvalue weighted by Gasteiger charge is 2.27. The Morgan fingerprint density at radius 2 is 2.19 bits per heavy atom. The van der Waals surface area contributed by atoms with Gasteiger partial charge in [-0.3, -0.25) is 4.79 Å². The van der Waals surface area contributed by atoms with E-state index in [1.165, 1.54) is 12.7 Å². The molecular weight excluding hydrogens is 204 g/mol. The molecule has 0 fully saturated rings. The van der Waals surface area contributed by atoms with E-state index in [0.717, 1.165) is 30.6 Å². The molecule has 0 aliphatic heterocycles. The van der Waals surface area contributed by atoms with Crippen molar-refractivity contribution in [1.82, 2.24) is 0 Å². The first kappa shape index (κ1) is 11.0. The molecule has 1 aliphatic carbocycles. The Hall–Kier alpha value is -1.51. The molecule has 0 spiro atoms. The predicted octanol–water partition coefficient (Wildman–Crippen LogP) is 1.97. The van der Waals surface area contributed by atoms with Gasteiger partial charge >= 0.3 is 5.97 Å². The van der Waals surface area contributed by atoms with Crippen LogP contribution in [0.1, 0.15) is 17.5 Å². The van der Waals surface area contributed by atoms with Crippen LogP contribution in [0.15, 0.2) is 18.2 Å². The molecule has 0 radical (unpaired) electrons. The van der Waals surface area contributed by atoms with Crippen LogP contribution in [-0.2, 0) is 22.4 Å². The SMILES string of the molecule is COC(=O)C1CCc2cccc(OC)c2C1. The molecule has 2 rings (SSSR count). The first-order valence-corrected chi connectivity index (χ1v) is 5.49. The first-order valence-electron chi connectivity index (χ1n) is 5.49. The van der Waals surface area contributed by atoms with E-state index >= 15 is 0 Å². The van der Waals surface area contributed by atoms with Crippen LogP contribution < -0.4 is 4.74 Å². The van der Waals surface area contributed by atoms with Crippen LogP contribution in [0, 0.1) is 5.92 Å². The van der Waals surface area contributed by atoms with Gasteiger partial charge in [-0.2, -0.15) is 0 Å². The minimum atomic E-state index is -0.114. The van der Waals surface area contributed by atoms with Gasteiger partial charge in [-0.15, -0.1) is 0 Å². The van der Waals surface area contributed by atoms with Crippen molar-refractivity contribution in [2.24, 2.45) is 5.92 Å². The number of carbonyl (C=O) groups excluding carboxylic acids is 1. The Kier molecular flexibility index (Phi) is 3.13. The highest BCUT2D eigenvalue weighted by molar-refractivity contribution is 5.73. The monoisotopic (exact) mass is 220 g/mol. The highest BCUT2D eigenvalue weighted by atomic mass is 16.5. The molecule has 1 aromatic carbocycles. The van der Waals surface area contributed by atoms with Crippen LogP contribution in [-0.4, -0.2) is 20.2 Å². The minimum absolute atomic E-state index is 0.0196. The number of methoxy groups -OCH3 is 2. The molecule has 16 heavy (non-hydrogen) atoms. The number of carbonyl (C=O) groups is 1. The Balaban J connectivity index is 2.27. The predicted molar refractivity (Wildman–Crippen MR) is 60.5 cm³/mol. The van der Waals surface area contributed by atoms with Gasteiger partial charge in [-0.25, -0.2) is 0 Å². The third-order valence-corrected chi connectivity index (χ3v) is 3.20. The summed E-state index contributed by atoms with van der Waals surface area (Å²) >= 11 is 0. The lowest BCUT2D eigenvalue weighted by atomic mass is 9.83. The Labute approximate surface area is 95.4 Å². The smallest absolute Gasteiger partial charge is 0.309 e. The molecule has 3 nitrogen and oxygen atoms in total. The van der Waals surface area contributed by atoms with Gasteiger partial charge in [0.15, 0.2) is 0 Å². The Morgan fingerprint density at radius 3 is 2.88 bits per heavy atom. The zero-order valence-corrected chi connectivity index (χ0v) is 9.66. The summed E-state index contributed by atoms with van der Waals surface area (Å²) in [6.45, 7) is 0. The summed E-state index contributed by atoms with van der Waals surface area (Å²) in [5.41, 5.74) is 2.45. The molecule has 3 heteroatoms. The van der Waals surface area contributed by atoms with Gasteiger partial charge in [-0.05, 0) is 36.5 Å². The van der Waals surface area contributed by atoms with Gasteiger partial charge in [-0.1, -0.05) is 12.1 Å². The summed E-state index contributed by atoms with van der Waals surface area (Å²) < 4.78 is 10.1. The molecule has 0 heterocycles. The van der Waals surface area contributed by atoms with Crippen LogP contribution >= 0.6 is 0 Å². The summed E-state index contributed by atoms with van der Waals surface area (Å²) in [6, 6.07) is 6.04. The van der Waals surface area contributed by atoms with Crippen molar-refractivity contribution < 1.29 is 14.3 Å². The van der Waals surface area contributed by atoms with Crippen molar-refractivity contribution in [2.75, 3.05) is 14.2 Å². The largest absolute Gasteiger partial charge is 0.496 e. The molecule has 1 unspecified atom stereocenters. The topological polar surface area (TPSA) is 35.5 Å². The van der Waals surface area contributed by atoms with Crippen LogP contribution in [0.3, 0.4) is 0 Å².